The molecule has 4 rings (SSSR count). The first-order valence-corrected chi connectivity index (χ1v) is 7.70. The molecule has 2 aliphatic rings. The van der Waals surface area contributed by atoms with Crippen LogP contribution >= 0.6 is 0 Å². The lowest BCUT2D eigenvalue weighted by molar-refractivity contribution is 0.0958. The van der Waals surface area contributed by atoms with E-state index in [9.17, 15) is 4.79 Å². The van der Waals surface area contributed by atoms with E-state index in [1.807, 2.05) is 23.7 Å². The number of pyridine rings is 1. The molecule has 0 saturated heterocycles. The quantitative estimate of drug-likeness (QED) is 0.854. The van der Waals surface area contributed by atoms with Crippen LogP contribution in [0.4, 0.5) is 5.69 Å². The van der Waals surface area contributed by atoms with Gasteiger partial charge in [-0.2, -0.15) is 5.10 Å². The van der Waals surface area contributed by atoms with E-state index in [0.29, 0.717) is 30.8 Å². The van der Waals surface area contributed by atoms with Gasteiger partial charge in [-0.15, -0.1) is 0 Å². The number of carbonyl (C=O) groups excluding carboxylic acids is 1. The summed E-state index contributed by atoms with van der Waals surface area (Å²) in [4.78, 5) is 19.1. The Balaban J connectivity index is 1.68. The van der Waals surface area contributed by atoms with Crippen molar-refractivity contribution in [1.29, 1.82) is 0 Å². The number of nitrogens with zero attached hydrogens (tertiary/aromatic N) is 4. The molecule has 0 spiro atoms. The van der Waals surface area contributed by atoms with Gasteiger partial charge in [0, 0.05) is 11.9 Å². The Kier molecular flexibility index (Phi) is 3.10. The highest BCUT2D eigenvalue weighted by Crippen LogP contribution is 2.34. The molecule has 1 saturated carbocycles. The second-order valence-corrected chi connectivity index (χ2v) is 5.83. The van der Waals surface area contributed by atoms with Crippen LogP contribution in [0, 0.1) is 6.92 Å². The highest BCUT2D eigenvalue weighted by molar-refractivity contribution is 6.05. The summed E-state index contributed by atoms with van der Waals surface area (Å²) in [6.45, 7) is 2.91. The smallest absolute Gasteiger partial charge is 0.276 e. The van der Waals surface area contributed by atoms with Gasteiger partial charge < -0.3 is 4.74 Å². The number of ether oxygens (including phenoxy) is 1. The van der Waals surface area contributed by atoms with Gasteiger partial charge in [0.25, 0.3) is 5.91 Å². The van der Waals surface area contributed by atoms with Crippen molar-refractivity contribution in [2.75, 3.05) is 18.1 Å². The number of carbonyl (C=O) groups is 1. The lowest BCUT2D eigenvalue weighted by atomic mass is 9.93. The van der Waals surface area contributed by atoms with Crippen LogP contribution in [0.5, 0.6) is 5.88 Å². The molecule has 0 aromatic carbocycles. The highest BCUT2D eigenvalue weighted by Gasteiger charge is 2.30. The summed E-state index contributed by atoms with van der Waals surface area (Å²) in [5.74, 6) is 0.508. The Morgan fingerprint density at radius 1 is 1.32 bits per heavy atom. The van der Waals surface area contributed by atoms with Crippen molar-refractivity contribution in [1.82, 2.24) is 14.8 Å². The number of aromatic nitrogens is 3. The van der Waals surface area contributed by atoms with Crippen molar-refractivity contribution < 1.29 is 9.53 Å². The van der Waals surface area contributed by atoms with Crippen LogP contribution in [0.3, 0.4) is 0 Å². The molecule has 0 radical (unpaired) electrons. The van der Waals surface area contributed by atoms with Crippen molar-refractivity contribution in [3.05, 3.63) is 35.8 Å². The number of aryl methyl sites for hydroxylation is 1. The number of rotatable bonds is 2. The second kappa shape index (κ2) is 5.12. The van der Waals surface area contributed by atoms with Crippen LogP contribution in [0.15, 0.2) is 24.4 Å². The van der Waals surface area contributed by atoms with Crippen molar-refractivity contribution >= 4 is 11.6 Å². The van der Waals surface area contributed by atoms with E-state index in [2.05, 4.69) is 10.1 Å². The zero-order valence-electron chi connectivity index (χ0n) is 12.5. The van der Waals surface area contributed by atoms with Gasteiger partial charge in [-0.1, -0.05) is 0 Å². The van der Waals surface area contributed by atoms with Crippen LogP contribution < -0.4 is 9.64 Å². The second-order valence-electron chi connectivity index (χ2n) is 5.83. The first-order chi connectivity index (χ1) is 10.7. The zero-order valence-corrected chi connectivity index (χ0v) is 12.5. The van der Waals surface area contributed by atoms with Gasteiger partial charge in [-0.25, -0.2) is 4.98 Å². The summed E-state index contributed by atoms with van der Waals surface area (Å²) < 4.78 is 7.46. The average Bonchev–Trinajstić information content (AvgIpc) is 2.92. The largest absolute Gasteiger partial charge is 0.474 e. The van der Waals surface area contributed by atoms with E-state index in [-0.39, 0.29) is 5.91 Å². The molecule has 3 heterocycles. The molecule has 1 aliphatic heterocycles. The minimum atomic E-state index is -0.0281. The molecule has 2 aromatic heterocycles. The van der Waals surface area contributed by atoms with Gasteiger partial charge in [0.05, 0.1) is 12.6 Å². The summed E-state index contributed by atoms with van der Waals surface area (Å²) in [6.07, 6.45) is 5.12. The first-order valence-electron chi connectivity index (χ1n) is 7.70. The van der Waals surface area contributed by atoms with E-state index in [0.717, 1.165) is 24.2 Å². The van der Waals surface area contributed by atoms with Gasteiger partial charge in [0.2, 0.25) is 5.88 Å². The molecular formula is C16H18N4O2. The molecule has 0 atom stereocenters. The van der Waals surface area contributed by atoms with Crippen LogP contribution in [0.25, 0.3) is 0 Å². The molecule has 6 heteroatoms. The van der Waals surface area contributed by atoms with Crippen LogP contribution in [-0.2, 0) is 0 Å². The summed E-state index contributed by atoms with van der Waals surface area (Å²) in [5, 5.41) is 4.35. The van der Waals surface area contributed by atoms with Gasteiger partial charge >= 0.3 is 0 Å². The van der Waals surface area contributed by atoms with Crippen molar-refractivity contribution in [3.63, 3.8) is 0 Å². The molecule has 1 fully saturated rings. The van der Waals surface area contributed by atoms with Gasteiger partial charge in [-0.3, -0.25) is 14.4 Å². The van der Waals surface area contributed by atoms with Gasteiger partial charge in [0.15, 0.2) is 0 Å². The molecule has 2 aromatic rings. The predicted octanol–water partition coefficient (Wildman–Crippen LogP) is 2.35. The predicted molar refractivity (Wildman–Crippen MR) is 81.3 cm³/mol. The van der Waals surface area contributed by atoms with Crippen molar-refractivity contribution in [3.8, 4) is 5.88 Å². The lowest BCUT2D eigenvalue weighted by Gasteiger charge is -2.31. The molecule has 0 unspecified atom stereocenters. The highest BCUT2D eigenvalue weighted by atomic mass is 16.5. The van der Waals surface area contributed by atoms with E-state index in [4.69, 9.17) is 4.74 Å². The Morgan fingerprint density at radius 2 is 2.18 bits per heavy atom. The van der Waals surface area contributed by atoms with E-state index < -0.39 is 0 Å². The summed E-state index contributed by atoms with van der Waals surface area (Å²) in [6, 6.07) is 5.97. The van der Waals surface area contributed by atoms with Crippen LogP contribution in [0.1, 0.15) is 41.5 Å². The molecule has 0 bridgehead atoms. The number of hydrogen-bond donors (Lipinski definition) is 0. The van der Waals surface area contributed by atoms with Crippen molar-refractivity contribution in [2.45, 2.75) is 32.2 Å². The average molecular weight is 298 g/mol. The molecule has 114 valence electrons. The Morgan fingerprint density at radius 3 is 2.95 bits per heavy atom. The Labute approximate surface area is 128 Å². The fourth-order valence-electron chi connectivity index (χ4n) is 2.95. The molecule has 22 heavy (non-hydrogen) atoms. The summed E-state index contributed by atoms with van der Waals surface area (Å²) in [5.41, 5.74) is 2.27. The van der Waals surface area contributed by atoms with Crippen LogP contribution in [0.2, 0.25) is 0 Å². The van der Waals surface area contributed by atoms with E-state index in [1.54, 1.807) is 17.2 Å². The van der Waals surface area contributed by atoms with E-state index >= 15 is 0 Å². The SMILES string of the molecule is Cc1ccc2c(n1)OCCN2C(=O)c1ccnn1C1CCC1. The van der Waals surface area contributed by atoms with Crippen molar-refractivity contribution in [2.24, 2.45) is 0 Å². The molecular weight excluding hydrogens is 280 g/mol. The third kappa shape index (κ3) is 2.06. The Hall–Kier alpha value is -2.37. The minimum absolute atomic E-state index is 0.0281. The van der Waals surface area contributed by atoms with Crippen LogP contribution in [-0.4, -0.2) is 33.8 Å². The maximum absolute atomic E-state index is 13.0. The summed E-state index contributed by atoms with van der Waals surface area (Å²) in [7, 11) is 0. The molecule has 6 nitrogen and oxygen atoms in total. The maximum atomic E-state index is 13.0. The number of amides is 1. The zero-order chi connectivity index (χ0) is 15.1. The summed E-state index contributed by atoms with van der Waals surface area (Å²) >= 11 is 0. The van der Waals surface area contributed by atoms with Gasteiger partial charge in [-0.05, 0) is 44.4 Å². The minimum Gasteiger partial charge on any atom is -0.474 e. The number of anilines is 1. The fourth-order valence-corrected chi connectivity index (χ4v) is 2.95. The molecule has 1 aliphatic carbocycles. The number of fused-ring (bicyclic) bond motifs is 1. The maximum Gasteiger partial charge on any atom is 0.276 e. The Bertz CT molecular complexity index is 721. The lowest BCUT2D eigenvalue weighted by Crippen LogP contribution is -2.40. The fraction of sp³-hybridized carbons (Fsp3) is 0.438. The monoisotopic (exact) mass is 298 g/mol. The van der Waals surface area contributed by atoms with E-state index in [1.165, 1.54) is 6.42 Å². The first kappa shape index (κ1) is 13.3. The molecule has 1 amide bonds. The van der Waals surface area contributed by atoms with Gasteiger partial charge in [0.1, 0.15) is 18.0 Å². The molecule has 0 N–H and O–H groups in total. The standard InChI is InChI=1S/C16H18N4O2/c1-11-5-6-13-15(18-11)22-10-9-19(13)16(21)14-7-8-17-20(14)12-3-2-4-12/h5-8,12H,2-4,9-10H2,1H3. The third-order valence-corrected chi connectivity index (χ3v) is 4.38. The normalized spacial score (nSPS) is 17.6. The topological polar surface area (TPSA) is 60.2 Å². The third-order valence-electron chi connectivity index (χ3n) is 4.38. The number of hydrogen-bond acceptors (Lipinski definition) is 4.